The van der Waals surface area contributed by atoms with Gasteiger partial charge in [-0.15, -0.1) is 0 Å². The number of methoxy groups -OCH3 is 2. The van der Waals surface area contributed by atoms with Crippen LogP contribution in [-0.4, -0.2) is 212 Å². The van der Waals surface area contributed by atoms with Crippen LogP contribution in [0.4, 0.5) is 10.5 Å². The van der Waals surface area contributed by atoms with E-state index in [4.69, 9.17) is 63.8 Å². The number of aliphatic hydroxyl groups excluding tert-OH is 2. The number of nitrogens with zero attached hydrogens (tertiary/aromatic N) is 3. The first-order valence-electron chi connectivity index (χ1n) is 29.9. The highest BCUT2D eigenvalue weighted by Crippen LogP contribution is 2.43. The fraction of sp³-hybridized carbons (Fsp3) is 0.783. The lowest BCUT2D eigenvalue weighted by Gasteiger charge is -2.50. The number of nitrogens with one attached hydrogen (secondary N) is 2. The fourth-order valence-electron chi connectivity index (χ4n) is 12.4. The van der Waals surface area contributed by atoms with E-state index in [2.05, 4.69) is 15.8 Å². The van der Waals surface area contributed by atoms with Crippen molar-refractivity contribution in [3.63, 3.8) is 0 Å². The third-order valence-electron chi connectivity index (χ3n) is 17.5. The van der Waals surface area contributed by atoms with Crippen LogP contribution in [0.25, 0.3) is 10.9 Å². The second-order valence-corrected chi connectivity index (χ2v) is 24.7. The number of rotatable bonds is 23. The molecule has 0 bridgehead atoms. The number of amides is 1. The number of aromatic carboxylic acids is 1. The van der Waals surface area contributed by atoms with Crippen LogP contribution in [0.1, 0.15) is 131 Å². The third-order valence-corrected chi connectivity index (χ3v) is 17.9. The Kier molecular flexibility index (Phi) is 24.9. The first kappa shape index (κ1) is 69.8. The van der Waals surface area contributed by atoms with E-state index in [1.165, 1.54) is 20.2 Å². The lowest BCUT2D eigenvalue weighted by Crippen LogP contribution is -2.62. The molecule has 6 N–H and O–H groups in total. The monoisotopic (exact) mass is 1230 g/mol. The number of pyridine rings is 1. The van der Waals surface area contributed by atoms with Crippen molar-refractivity contribution in [1.29, 1.82) is 0 Å². The second-order valence-electron chi connectivity index (χ2n) is 24.3. The number of anilines is 1. The summed E-state index contributed by atoms with van der Waals surface area (Å²) in [6, 6.07) is 3.05. The molecule has 0 spiro atoms. The molecule has 18 atom stereocenters. The van der Waals surface area contributed by atoms with Crippen LogP contribution in [-0.2, 0) is 57.0 Å². The van der Waals surface area contributed by atoms with Crippen LogP contribution in [0, 0.1) is 23.7 Å². The number of fused-ring (bicyclic) bond motifs is 1. The molecule has 3 aliphatic heterocycles. The summed E-state index contributed by atoms with van der Waals surface area (Å²) in [5.41, 5.74) is -3.79. The van der Waals surface area contributed by atoms with Gasteiger partial charge in [0.25, 0.3) is 0 Å². The predicted molar refractivity (Wildman–Crippen MR) is 316 cm³/mol. The average molecular weight is 1230 g/mol. The van der Waals surface area contributed by atoms with Crippen molar-refractivity contribution in [2.75, 3.05) is 79.8 Å². The van der Waals surface area contributed by atoms with Crippen LogP contribution in [0.15, 0.2) is 28.3 Å². The molecule has 1 saturated carbocycles. The number of carboxylic acids is 1. The van der Waals surface area contributed by atoms with E-state index in [-0.39, 0.29) is 88.0 Å². The fourth-order valence-corrected chi connectivity index (χ4v) is 12.6. The molecule has 85 heavy (non-hydrogen) atoms. The molecule has 1 aromatic carbocycles. The number of alkyl carbamates (subject to hydrolysis) is 1. The van der Waals surface area contributed by atoms with E-state index in [0.29, 0.717) is 34.9 Å². The molecule has 2 unspecified atom stereocenters. The number of hydrogen-bond donors (Lipinski definition) is 6. The standard InChI is InChI=1S/C60H96ClN5O19/c1-16-45-60(11,74)51(69)34(5)47(64-79-17-2)32(3)29-58(9,75-14)52(84-56-49(68)44(65(12)13)26-33(4)80-56)35(6)50(36(7)55(72)82-45)83-46-30-59(10,76-15)53(37(8)81-46)85-57(73)63-21-23-78-25-24-77-22-20-62-42-27-39-43(28-41(42)61)66(38-18-19-38)31-40(48(39)67)54(70)71/h27-28,31-38,44-46,49-53,56,62,68-69,74H,16-26,29-30H2,1-15H3,(H,63,73)(H,70,71)/t32-,33-,34+,35+,36-,37+,44+,45-,46?,49-,50+,51-,52-,53+,56?,58-,59-,60-/m1/s1. The lowest BCUT2D eigenvalue weighted by atomic mass is 9.73. The van der Waals surface area contributed by atoms with Crippen molar-refractivity contribution < 1.29 is 87.0 Å². The van der Waals surface area contributed by atoms with Crippen molar-refractivity contribution in [3.8, 4) is 0 Å². The van der Waals surface area contributed by atoms with Crippen molar-refractivity contribution in [3.05, 3.63) is 39.1 Å². The smallest absolute Gasteiger partial charge is 0.407 e. The van der Waals surface area contributed by atoms with Gasteiger partial charge in [-0.25, -0.2) is 9.59 Å². The topological polar surface area (TPSA) is 295 Å². The van der Waals surface area contributed by atoms with Crippen LogP contribution in [0.3, 0.4) is 0 Å². The molecule has 2 aromatic rings. The number of aliphatic hydroxyl groups is 3. The zero-order valence-corrected chi connectivity index (χ0v) is 53.1. The number of esters is 1. The maximum absolute atomic E-state index is 14.7. The second kappa shape index (κ2) is 30.3. The summed E-state index contributed by atoms with van der Waals surface area (Å²) in [6.45, 7) is 20.9. The number of halogens is 1. The average Bonchev–Trinajstić information content (AvgIpc) is 3.37. The number of benzene rings is 1. The van der Waals surface area contributed by atoms with E-state index in [0.717, 1.165) is 12.8 Å². The molecule has 4 fully saturated rings. The maximum atomic E-state index is 14.7. The first-order valence-corrected chi connectivity index (χ1v) is 30.3. The van der Waals surface area contributed by atoms with Gasteiger partial charge in [-0.3, -0.25) is 9.59 Å². The summed E-state index contributed by atoms with van der Waals surface area (Å²) in [7, 11) is 6.80. The predicted octanol–water partition coefficient (Wildman–Crippen LogP) is 6.14. The quantitative estimate of drug-likeness (QED) is 0.0413. The van der Waals surface area contributed by atoms with Gasteiger partial charge in [-0.1, -0.05) is 44.5 Å². The van der Waals surface area contributed by atoms with Gasteiger partial charge in [0.15, 0.2) is 18.7 Å². The highest BCUT2D eigenvalue weighted by molar-refractivity contribution is 6.34. The largest absolute Gasteiger partial charge is 0.477 e. The SMILES string of the molecule is CCON=C1[C@H](C)C[C@@](C)(OC)[C@H](OC2O[C@H](C)C[C@H](N(C)C)[C@H]2O)[C@@H](C)[C@H](OC2C[C@@](C)(OC)[C@@H](OC(=O)NCCOCCOCCNc3cc4c(=O)c(C(=O)O)cn(C5CC5)c4cc3Cl)[C@H](C)O2)[C@@H](C)C(=O)O[C@H](CC)[C@@](C)(O)[C@H](O)[C@H]1C. The number of oxime groups is 1. The maximum Gasteiger partial charge on any atom is 0.407 e. The Bertz CT molecular complexity index is 2640. The Morgan fingerprint density at radius 3 is 2.13 bits per heavy atom. The van der Waals surface area contributed by atoms with E-state index in [1.807, 2.05) is 51.3 Å². The molecule has 1 aliphatic carbocycles. The number of carboxylic acid groups (broad SMARTS) is 1. The number of cyclic esters (lactones) is 1. The van der Waals surface area contributed by atoms with Crippen molar-refractivity contribution in [1.82, 2.24) is 14.8 Å². The van der Waals surface area contributed by atoms with Gasteiger partial charge in [0, 0.05) is 75.2 Å². The molecule has 482 valence electrons. The zero-order chi connectivity index (χ0) is 62.9. The highest BCUT2D eigenvalue weighted by Gasteiger charge is 2.55. The van der Waals surface area contributed by atoms with Crippen LogP contribution in [0.2, 0.25) is 5.02 Å². The first-order chi connectivity index (χ1) is 40.1. The normalized spacial score (nSPS) is 35.7. The molecule has 4 heterocycles. The Morgan fingerprint density at radius 1 is 0.882 bits per heavy atom. The molecular formula is C60H96ClN5O19. The Balaban J connectivity index is 1.12. The van der Waals surface area contributed by atoms with Gasteiger partial charge in [-0.2, -0.15) is 0 Å². The Hall–Kier alpha value is -4.28. The van der Waals surface area contributed by atoms with Gasteiger partial charge in [-0.05, 0) is 107 Å². The van der Waals surface area contributed by atoms with Crippen LogP contribution in [0.5, 0.6) is 0 Å². The Morgan fingerprint density at radius 2 is 1.53 bits per heavy atom. The molecule has 1 amide bonds. The minimum atomic E-state index is -1.96. The number of hydrogen-bond acceptors (Lipinski definition) is 21. The zero-order valence-electron chi connectivity index (χ0n) is 52.3. The number of carbonyl (C=O) groups excluding carboxylic acids is 2. The van der Waals surface area contributed by atoms with Gasteiger partial charge in [0.1, 0.15) is 35.6 Å². The van der Waals surface area contributed by atoms with E-state index < -0.39 is 119 Å². The van der Waals surface area contributed by atoms with Crippen LogP contribution >= 0.6 is 11.6 Å². The van der Waals surface area contributed by atoms with Gasteiger partial charge in [0.2, 0.25) is 5.43 Å². The minimum absolute atomic E-state index is 0.0179. The van der Waals surface area contributed by atoms with Gasteiger partial charge >= 0.3 is 18.0 Å². The summed E-state index contributed by atoms with van der Waals surface area (Å²) in [4.78, 5) is 60.6. The molecule has 3 saturated heterocycles. The van der Waals surface area contributed by atoms with Gasteiger partial charge < -0.3 is 92.7 Å². The molecular weight excluding hydrogens is 1130 g/mol. The molecule has 24 nitrogen and oxygen atoms in total. The number of likely N-dealkylation sites (N-methyl/N-ethyl adjacent to an activating group) is 1. The van der Waals surface area contributed by atoms with Gasteiger partial charge in [0.05, 0.1) is 90.4 Å². The third kappa shape index (κ3) is 16.7. The number of carbonyl (C=O) groups is 3. The molecule has 0 radical (unpaired) electrons. The lowest BCUT2D eigenvalue weighted by molar-refractivity contribution is -0.319. The van der Waals surface area contributed by atoms with Crippen molar-refractivity contribution in [2.24, 2.45) is 28.8 Å². The van der Waals surface area contributed by atoms with Crippen molar-refractivity contribution in [2.45, 2.75) is 205 Å². The number of aromatic nitrogens is 1. The number of ether oxygens (including phenoxy) is 10. The molecule has 6 rings (SSSR count). The van der Waals surface area contributed by atoms with E-state index in [9.17, 15) is 39.6 Å². The van der Waals surface area contributed by atoms with Crippen molar-refractivity contribution >= 4 is 51.9 Å². The molecule has 1 aromatic heterocycles. The summed E-state index contributed by atoms with van der Waals surface area (Å²) in [5.74, 6) is -5.16. The molecule has 4 aliphatic rings. The minimum Gasteiger partial charge on any atom is -0.477 e. The van der Waals surface area contributed by atoms with E-state index in [1.54, 1.807) is 60.8 Å². The molecule has 25 heteroatoms. The summed E-state index contributed by atoms with van der Waals surface area (Å²) in [5, 5.41) is 56.7. The summed E-state index contributed by atoms with van der Waals surface area (Å²) >= 11 is 6.59. The Labute approximate surface area is 504 Å². The van der Waals surface area contributed by atoms with Crippen LogP contribution < -0.4 is 16.1 Å². The van der Waals surface area contributed by atoms with E-state index >= 15 is 0 Å². The highest BCUT2D eigenvalue weighted by atomic mass is 35.5. The summed E-state index contributed by atoms with van der Waals surface area (Å²) in [6.07, 6.45) is -6.82. The summed E-state index contributed by atoms with van der Waals surface area (Å²) < 4.78 is 65.0.